The van der Waals surface area contributed by atoms with E-state index in [4.69, 9.17) is 0 Å². The summed E-state index contributed by atoms with van der Waals surface area (Å²) in [6.45, 7) is 0.424. The minimum Gasteiger partial charge on any atom is -0.268 e. The predicted molar refractivity (Wildman–Crippen MR) is 74.7 cm³/mol. The molecule has 1 heterocycles. The summed E-state index contributed by atoms with van der Waals surface area (Å²) in [6, 6.07) is 7.68. The molecule has 0 saturated heterocycles. The van der Waals surface area contributed by atoms with E-state index in [9.17, 15) is 17.6 Å². The monoisotopic (exact) mass is 311 g/mol. The lowest BCUT2D eigenvalue weighted by Crippen LogP contribution is -2.28. The van der Waals surface area contributed by atoms with Crippen LogP contribution in [0.5, 0.6) is 0 Å². The molecule has 0 saturated carbocycles. The molecule has 0 fully saturated rings. The Morgan fingerprint density at radius 2 is 2.05 bits per heavy atom. The van der Waals surface area contributed by atoms with Crippen LogP contribution < -0.4 is 10.3 Å². The zero-order valence-corrected chi connectivity index (χ0v) is 11.9. The van der Waals surface area contributed by atoms with Crippen LogP contribution in [0.1, 0.15) is 6.42 Å². The zero-order chi connectivity index (χ0) is 15.3. The molecule has 1 aromatic heterocycles. The number of nitrogens with one attached hydrogen (secondary N) is 1. The van der Waals surface area contributed by atoms with Gasteiger partial charge in [0.05, 0.1) is 4.90 Å². The first-order valence-electron chi connectivity index (χ1n) is 6.26. The van der Waals surface area contributed by atoms with Crippen LogP contribution in [-0.4, -0.2) is 24.7 Å². The topological polar surface area (TPSA) is 81.1 Å². The van der Waals surface area contributed by atoms with Crippen molar-refractivity contribution in [3.8, 4) is 0 Å². The molecule has 0 atom stereocenters. The second-order valence-corrected chi connectivity index (χ2v) is 6.06. The zero-order valence-electron chi connectivity index (χ0n) is 11.1. The average Bonchev–Trinajstić information content (AvgIpc) is 2.45. The van der Waals surface area contributed by atoms with Gasteiger partial charge in [-0.25, -0.2) is 22.2 Å². The molecule has 0 bridgehead atoms. The number of aryl methyl sites for hydroxylation is 1. The number of hydrogen-bond acceptors (Lipinski definition) is 4. The third-order valence-corrected chi connectivity index (χ3v) is 4.19. The van der Waals surface area contributed by atoms with Crippen molar-refractivity contribution in [3.63, 3.8) is 0 Å². The van der Waals surface area contributed by atoms with E-state index < -0.39 is 15.8 Å². The number of hydrogen-bond donors (Lipinski definition) is 1. The second kappa shape index (κ2) is 6.59. The Bertz CT molecular complexity index is 774. The molecule has 0 radical (unpaired) electrons. The van der Waals surface area contributed by atoms with Crippen molar-refractivity contribution < 1.29 is 12.8 Å². The Hall–Kier alpha value is -2.06. The van der Waals surface area contributed by atoms with E-state index in [1.807, 2.05) is 0 Å². The normalized spacial score (nSPS) is 11.5. The van der Waals surface area contributed by atoms with E-state index in [2.05, 4.69) is 9.82 Å². The van der Waals surface area contributed by atoms with Crippen molar-refractivity contribution in [1.29, 1.82) is 0 Å². The number of nitrogens with zero attached hydrogens (tertiary/aromatic N) is 2. The van der Waals surface area contributed by atoms with Gasteiger partial charge in [-0.15, -0.1) is 0 Å². The van der Waals surface area contributed by atoms with Crippen molar-refractivity contribution in [1.82, 2.24) is 14.5 Å². The SMILES string of the molecule is O=c1cccnn1CCCNS(=O)(=O)c1cccc(F)c1. The molecule has 1 N–H and O–H groups in total. The Morgan fingerprint density at radius 1 is 1.24 bits per heavy atom. The van der Waals surface area contributed by atoms with Crippen LogP contribution in [0.4, 0.5) is 4.39 Å². The van der Waals surface area contributed by atoms with Crippen LogP contribution >= 0.6 is 0 Å². The molecule has 0 aliphatic heterocycles. The summed E-state index contributed by atoms with van der Waals surface area (Å²) in [5.41, 5.74) is -0.245. The number of sulfonamides is 1. The van der Waals surface area contributed by atoms with Gasteiger partial charge in [0.15, 0.2) is 0 Å². The summed E-state index contributed by atoms with van der Waals surface area (Å²) < 4.78 is 40.4. The highest BCUT2D eigenvalue weighted by Crippen LogP contribution is 2.09. The molecule has 0 unspecified atom stereocenters. The van der Waals surface area contributed by atoms with E-state index in [1.54, 1.807) is 0 Å². The third-order valence-electron chi connectivity index (χ3n) is 2.73. The van der Waals surface area contributed by atoms with Crippen molar-refractivity contribution in [2.75, 3.05) is 6.54 Å². The first-order chi connectivity index (χ1) is 9.99. The molecule has 6 nitrogen and oxygen atoms in total. The lowest BCUT2D eigenvalue weighted by atomic mass is 10.4. The van der Waals surface area contributed by atoms with E-state index in [0.717, 1.165) is 6.07 Å². The molecule has 1 aromatic carbocycles. The van der Waals surface area contributed by atoms with Crippen LogP contribution in [0.3, 0.4) is 0 Å². The van der Waals surface area contributed by atoms with Gasteiger partial charge in [0, 0.05) is 25.4 Å². The Morgan fingerprint density at radius 3 is 2.76 bits per heavy atom. The van der Waals surface area contributed by atoms with Gasteiger partial charge in [-0.3, -0.25) is 4.79 Å². The van der Waals surface area contributed by atoms with E-state index in [0.29, 0.717) is 13.0 Å². The lowest BCUT2D eigenvalue weighted by Gasteiger charge is -2.07. The molecule has 2 aromatic rings. The fourth-order valence-electron chi connectivity index (χ4n) is 1.71. The second-order valence-electron chi connectivity index (χ2n) is 4.29. The first-order valence-corrected chi connectivity index (χ1v) is 7.75. The fourth-order valence-corrected chi connectivity index (χ4v) is 2.81. The summed E-state index contributed by atoms with van der Waals surface area (Å²) in [4.78, 5) is 11.3. The third kappa shape index (κ3) is 4.20. The average molecular weight is 311 g/mol. The minimum atomic E-state index is -3.75. The number of halogens is 1. The van der Waals surface area contributed by atoms with Crippen molar-refractivity contribution in [3.05, 3.63) is 58.8 Å². The van der Waals surface area contributed by atoms with Gasteiger partial charge in [-0.1, -0.05) is 6.07 Å². The summed E-state index contributed by atoms with van der Waals surface area (Å²) >= 11 is 0. The molecule has 0 amide bonds. The minimum absolute atomic E-state index is 0.127. The van der Waals surface area contributed by atoms with Gasteiger partial charge in [0.1, 0.15) is 5.82 Å². The summed E-state index contributed by atoms with van der Waals surface area (Å²) in [5.74, 6) is -0.613. The van der Waals surface area contributed by atoms with Gasteiger partial charge < -0.3 is 0 Å². The maximum Gasteiger partial charge on any atom is 0.266 e. The van der Waals surface area contributed by atoms with E-state index >= 15 is 0 Å². The molecule has 0 aliphatic rings. The van der Waals surface area contributed by atoms with E-state index in [-0.39, 0.29) is 17.0 Å². The standard InChI is InChI=1S/C13H14FN3O3S/c14-11-4-1-5-12(10-11)21(19,20)16-8-3-9-17-13(18)6-2-7-15-17/h1-2,4-7,10,16H,3,8-9H2. The van der Waals surface area contributed by atoms with Gasteiger partial charge >= 0.3 is 0 Å². The summed E-state index contributed by atoms with van der Waals surface area (Å²) in [5, 5.41) is 3.86. The molecular weight excluding hydrogens is 297 g/mol. The van der Waals surface area contributed by atoms with Crippen molar-refractivity contribution in [2.24, 2.45) is 0 Å². The highest BCUT2D eigenvalue weighted by molar-refractivity contribution is 7.89. The molecule has 112 valence electrons. The largest absolute Gasteiger partial charge is 0.268 e. The fraction of sp³-hybridized carbons (Fsp3) is 0.231. The lowest BCUT2D eigenvalue weighted by molar-refractivity contribution is 0.534. The Balaban J connectivity index is 1.91. The number of benzene rings is 1. The van der Waals surface area contributed by atoms with Gasteiger partial charge in [-0.2, -0.15) is 5.10 Å². The number of aromatic nitrogens is 2. The molecule has 2 rings (SSSR count). The molecule has 21 heavy (non-hydrogen) atoms. The highest BCUT2D eigenvalue weighted by atomic mass is 32.2. The van der Waals surface area contributed by atoms with Gasteiger partial charge in [0.25, 0.3) is 5.56 Å². The molecular formula is C13H14FN3O3S. The number of rotatable bonds is 6. The Labute approximate surface area is 121 Å². The molecule has 0 aliphatic carbocycles. The first kappa shape index (κ1) is 15.3. The summed E-state index contributed by atoms with van der Waals surface area (Å²) in [7, 11) is -3.75. The van der Waals surface area contributed by atoms with E-state index in [1.165, 1.54) is 41.2 Å². The van der Waals surface area contributed by atoms with Crippen LogP contribution in [0.15, 0.2) is 52.3 Å². The van der Waals surface area contributed by atoms with Gasteiger partial charge in [0.2, 0.25) is 10.0 Å². The van der Waals surface area contributed by atoms with Gasteiger partial charge in [-0.05, 0) is 30.7 Å². The highest BCUT2D eigenvalue weighted by Gasteiger charge is 2.13. The molecule has 0 spiro atoms. The Kier molecular flexibility index (Phi) is 4.81. The van der Waals surface area contributed by atoms with Crippen LogP contribution in [0, 0.1) is 5.82 Å². The van der Waals surface area contributed by atoms with Crippen LogP contribution in [0.25, 0.3) is 0 Å². The van der Waals surface area contributed by atoms with Crippen molar-refractivity contribution >= 4 is 10.0 Å². The quantitative estimate of drug-likeness (QED) is 0.798. The van der Waals surface area contributed by atoms with Crippen LogP contribution in [0.2, 0.25) is 0 Å². The van der Waals surface area contributed by atoms with Crippen LogP contribution in [-0.2, 0) is 16.6 Å². The smallest absolute Gasteiger partial charge is 0.266 e. The predicted octanol–water partition coefficient (Wildman–Crippen LogP) is 0.751. The van der Waals surface area contributed by atoms with Crippen molar-refractivity contribution in [2.45, 2.75) is 17.9 Å². The molecule has 8 heteroatoms. The maximum absolute atomic E-state index is 13.0. The maximum atomic E-state index is 13.0. The summed E-state index contributed by atoms with van der Waals surface area (Å²) in [6.07, 6.45) is 1.88.